The van der Waals surface area contributed by atoms with Crippen LogP contribution < -0.4 is 10.6 Å². The molecular weight excluding hydrogens is 483 g/mol. The zero-order valence-electron chi connectivity index (χ0n) is 16.7. The number of aromatic nitrogens is 2. The van der Waals surface area contributed by atoms with Crippen molar-refractivity contribution in [1.29, 1.82) is 0 Å². The molecule has 28 heavy (non-hydrogen) atoms. The molecule has 3 rings (SSSR count). The molecule has 6 nitrogen and oxygen atoms in total. The number of likely N-dealkylation sites (tertiary alicyclic amines) is 1. The number of aliphatic imine (C=N–C) groups is 1. The Morgan fingerprint density at radius 3 is 2.75 bits per heavy atom. The van der Waals surface area contributed by atoms with Crippen molar-refractivity contribution in [2.24, 2.45) is 4.99 Å². The lowest BCUT2D eigenvalue weighted by Gasteiger charge is -2.32. The number of nitrogens with zero attached hydrogens (tertiary/aromatic N) is 4. The van der Waals surface area contributed by atoms with Crippen molar-refractivity contribution < 1.29 is 0 Å². The summed E-state index contributed by atoms with van der Waals surface area (Å²) in [6.45, 7) is 6.14. The molecule has 8 heteroatoms. The summed E-state index contributed by atoms with van der Waals surface area (Å²) in [4.78, 5) is 17.1. The summed E-state index contributed by atoms with van der Waals surface area (Å²) in [7, 11) is 1.84. The fourth-order valence-corrected chi connectivity index (χ4v) is 4.12. The molecule has 1 fully saturated rings. The van der Waals surface area contributed by atoms with E-state index in [0.29, 0.717) is 6.04 Å². The number of hydrogen-bond donors (Lipinski definition) is 2. The highest BCUT2D eigenvalue weighted by molar-refractivity contribution is 14.0. The van der Waals surface area contributed by atoms with Crippen LogP contribution in [0.3, 0.4) is 0 Å². The number of thiazole rings is 1. The Kier molecular flexibility index (Phi) is 10.1. The van der Waals surface area contributed by atoms with Crippen LogP contribution in [0.5, 0.6) is 0 Å². The lowest BCUT2D eigenvalue weighted by atomic mass is 10.0. The molecular formula is C20H31IN6S. The SMILES string of the molecule is CCc1cnc(CCNC(=NC)NC2CCN(Cc3ccccn3)CC2)s1.I. The third-order valence-electron chi connectivity index (χ3n) is 4.84. The third kappa shape index (κ3) is 7.29. The Morgan fingerprint density at radius 1 is 1.29 bits per heavy atom. The first-order valence-corrected chi connectivity index (χ1v) is 10.6. The van der Waals surface area contributed by atoms with Crippen molar-refractivity contribution in [3.8, 4) is 0 Å². The van der Waals surface area contributed by atoms with Crippen LogP contribution in [0.4, 0.5) is 0 Å². The van der Waals surface area contributed by atoms with Gasteiger partial charge in [-0.3, -0.25) is 14.9 Å². The van der Waals surface area contributed by atoms with E-state index in [1.807, 2.05) is 25.5 Å². The van der Waals surface area contributed by atoms with Gasteiger partial charge in [0.05, 0.1) is 10.7 Å². The molecule has 1 saturated heterocycles. The lowest BCUT2D eigenvalue weighted by molar-refractivity contribution is 0.196. The van der Waals surface area contributed by atoms with Gasteiger partial charge in [-0.1, -0.05) is 13.0 Å². The Bertz CT molecular complexity index is 712. The van der Waals surface area contributed by atoms with Gasteiger partial charge in [-0.15, -0.1) is 35.3 Å². The van der Waals surface area contributed by atoms with E-state index in [9.17, 15) is 0 Å². The van der Waals surface area contributed by atoms with Crippen molar-refractivity contribution >= 4 is 41.3 Å². The van der Waals surface area contributed by atoms with Gasteiger partial charge in [-0.25, -0.2) is 4.98 Å². The van der Waals surface area contributed by atoms with Crippen LogP contribution in [-0.4, -0.2) is 53.6 Å². The molecule has 2 aromatic rings. The number of rotatable bonds is 7. The van der Waals surface area contributed by atoms with Crippen LogP contribution in [-0.2, 0) is 19.4 Å². The highest BCUT2D eigenvalue weighted by Crippen LogP contribution is 2.14. The first kappa shape index (κ1) is 23.0. The van der Waals surface area contributed by atoms with Crippen LogP contribution in [0.1, 0.15) is 35.3 Å². The van der Waals surface area contributed by atoms with E-state index in [1.165, 1.54) is 9.88 Å². The summed E-state index contributed by atoms with van der Waals surface area (Å²) in [5.41, 5.74) is 1.15. The van der Waals surface area contributed by atoms with E-state index in [4.69, 9.17) is 0 Å². The summed E-state index contributed by atoms with van der Waals surface area (Å²) in [5, 5.41) is 8.19. The standard InChI is InChI=1S/C20H30N6S.HI/c1-3-18-14-24-19(27-18)7-11-23-20(21-2)25-16-8-12-26(13-9-16)15-17-6-4-5-10-22-17;/h4-6,10,14,16H,3,7-9,11-13,15H2,1-2H3,(H2,21,23,25);1H. The van der Waals surface area contributed by atoms with E-state index < -0.39 is 0 Å². The highest BCUT2D eigenvalue weighted by atomic mass is 127. The Morgan fingerprint density at radius 2 is 2.11 bits per heavy atom. The molecule has 1 aliphatic rings. The molecule has 0 atom stereocenters. The maximum atomic E-state index is 4.48. The third-order valence-corrected chi connectivity index (χ3v) is 6.05. The normalized spacial score (nSPS) is 15.9. The molecule has 0 spiro atoms. The predicted octanol–water partition coefficient (Wildman–Crippen LogP) is 3.09. The second-order valence-electron chi connectivity index (χ2n) is 6.84. The van der Waals surface area contributed by atoms with Crippen molar-refractivity contribution in [2.45, 2.75) is 45.2 Å². The summed E-state index contributed by atoms with van der Waals surface area (Å²) < 4.78 is 0. The minimum atomic E-state index is 0. The van der Waals surface area contributed by atoms with Gasteiger partial charge < -0.3 is 10.6 Å². The molecule has 0 amide bonds. The summed E-state index contributed by atoms with van der Waals surface area (Å²) in [6.07, 6.45) is 8.11. The van der Waals surface area contributed by atoms with Gasteiger partial charge in [0.1, 0.15) is 0 Å². The van der Waals surface area contributed by atoms with E-state index >= 15 is 0 Å². The van der Waals surface area contributed by atoms with Crippen molar-refractivity contribution in [1.82, 2.24) is 25.5 Å². The number of piperidine rings is 1. The first-order chi connectivity index (χ1) is 13.3. The second kappa shape index (κ2) is 12.3. The number of nitrogens with one attached hydrogen (secondary N) is 2. The summed E-state index contributed by atoms with van der Waals surface area (Å²) in [5.74, 6) is 0.894. The molecule has 0 aliphatic carbocycles. The molecule has 0 unspecified atom stereocenters. The molecule has 154 valence electrons. The number of hydrogen-bond acceptors (Lipinski definition) is 5. The number of aryl methyl sites for hydroxylation is 1. The predicted molar refractivity (Wildman–Crippen MR) is 128 cm³/mol. The smallest absolute Gasteiger partial charge is 0.191 e. The quantitative estimate of drug-likeness (QED) is 0.338. The van der Waals surface area contributed by atoms with Gasteiger partial charge in [0.15, 0.2) is 5.96 Å². The monoisotopic (exact) mass is 514 g/mol. The van der Waals surface area contributed by atoms with Crippen LogP contribution in [0.2, 0.25) is 0 Å². The van der Waals surface area contributed by atoms with Crippen molar-refractivity contribution in [3.63, 3.8) is 0 Å². The minimum Gasteiger partial charge on any atom is -0.356 e. The molecule has 0 aromatic carbocycles. The van der Waals surface area contributed by atoms with E-state index in [0.717, 1.165) is 63.5 Å². The van der Waals surface area contributed by atoms with Gasteiger partial charge in [0, 0.05) is 63.0 Å². The van der Waals surface area contributed by atoms with Crippen LogP contribution in [0.15, 0.2) is 35.6 Å². The van der Waals surface area contributed by atoms with Gasteiger partial charge in [-0.2, -0.15) is 0 Å². The minimum absolute atomic E-state index is 0. The Hall–Kier alpha value is -1.26. The van der Waals surface area contributed by atoms with Gasteiger partial charge in [0.25, 0.3) is 0 Å². The first-order valence-electron chi connectivity index (χ1n) is 9.80. The summed E-state index contributed by atoms with van der Waals surface area (Å²) in [6, 6.07) is 6.60. The average molecular weight is 514 g/mol. The zero-order valence-corrected chi connectivity index (χ0v) is 19.9. The number of pyridine rings is 1. The Labute approximate surface area is 189 Å². The molecule has 0 radical (unpaired) electrons. The number of guanidine groups is 1. The molecule has 2 aromatic heterocycles. The number of halogens is 1. The Balaban J connectivity index is 0.00000280. The maximum Gasteiger partial charge on any atom is 0.191 e. The van der Waals surface area contributed by atoms with E-state index in [2.05, 4.69) is 49.6 Å². The van der Waals surface area contributed by atoms with Gasteiger partial charge in [-0.05, 0) is 31.4 Å². The van der Waals surface area contributed by atoms with Crippen molar-refractivity contribution in [3.05, 3.63) is 46.2 Å². The highest BCUT2D eigenvalue weighted by Gasteiger charge is 2.20. The fourth-order valence-electron chi connectivity index (χ4n) is 3.26. The maximum absolute atomic E-state index is 4.48. The lowest BCUT2D eigenvalue weighted by Crippen LogP contribution is -2.48. The van der Waals surface area contributed by atoms with Crippen LogP contribution >= 0.6 is 35.3 Å². The molecule has 0 bridgehead atoms. The molecule has 3 heterocycles. The largest absolute Gasteiger partial charge is 0.356 e. The molecule has 0 saturated carbocycles. The van der Waals surface area contributed by atoms with Gasteiger partial charge in [0.2, 0.25) is 0 Å². The molecule has 2 N–H and O–H groups in total. The van der Waals surface area contributed by atoms with E-state index in [-0.39, 0.29) is 24.0 Å². The van der Waals surface area contributed by atoms with Gasteiger partial charge >= 0.3 is 0 Å². The zero-order chi connectivity index (χ0) is 18.9. The molecule has 1 aliphatic heterocycles. The fraction of sp³-hybridized carbons (Fsp3) is 0.550. The summed E-state index contributed by atoms with van der Waals surface area (Å²) >= 11 is 1.81. The average Bonchev–Trinajstić information content (AvgIpc) is 3.17. The second-order valence-corrected chi connectivity index (χ2v) is 8.04. The topological polar surface area (TPSA) is 65.4 Å². The van der Waals surface area contributed by atoms with Crippen LogP contribution in [0, 0.1) is 0 Å². The van der Waals surface area contributed by atoms with Crippen molar-refractivity contribution in [2.75, 3.05) is 26.7 Å². The van der Waals surface area contributed by atoms with Crippen LogP contribution in [0.25, 0.3) is 0 Å². The van der Waals surface area contributed by atoms with E-state index in [1.54, 1.807) is 11.3 Å².